The van der Waals surface area contributed by atoms with Crippen molar-refractivity contribution < 1.29 is 9.47 Å². The van der Waals surface area contributed by atoms with E-state index in [9.17, 15) is 0 Å². The summed E-state index contributed by atoms with van der Waals surface area (Å²) < 4.78 is 12.3. The molecule has 0 saturated heterocycles. The van der Waals surface area contributed by atoms with Gasteiger partial charge in [0.05, 0.1) is 0 Å². The predicted octanol–water partition coefficient (Wildman–Crippen LogP) is 11.2. The summed E-state index contributed by atoms with van der Waals surface area (Å²) in [7, 11) is 0.362. The number of ether oxygens (including phenoxy) is 2. The van der Waals surface area contributed by atoms with Crippen LogP contribution in [0.25, 0.3) is 0 Å². The van der Waals surface area contributed by atoms with Crippen LogP contribution in [-0.2, 0) is 15.9 Å². The molecule has 0 aromatic heterocycles. The fourth-order valence-electron chi connectivity index (χ4n) is 4.92. The van der Waals surface area contributed by atoms with Gasteiger partial charge in [-0.15, -0.1) is 0 Å². The lowest BCUT2D eigenvalue weighted by Crippen LogP contribution is -2.19. The van der Waals surface area contributed by atoms with Crippen LogP contribution in [0.1, 0.15) is 145 Å². The molecule has 0 radical (unpaired) electrons. The van der Waals surface area contributed by atoms with E-state index in [1.807, 2.05) is 0 Å². The van der Waals surface area contributed by atoms with Gasteiger partial charge in [-0.05, 0) is 112 Å². The van der Waals surface area contributed by atoms with Crippen molar-refractivity contribution in [1.29, 1.82) is 0 Å². The number of hydrogen-bond donors (Lipinski definition) is 0. The lowest BCUT2D eigenvalue weighted by molar-refractivity contribution is -0.148. The number of rotatable bonds is 25. The minimum Gasteiger partial charge on any atom is -0.353 e. The third kappa shape index (κ3) is 16.6. The molecular weight excluding hydrogens is 507 g/mol. The summed E-state index contributed by atoms with van der Waals surface area (Å²) in [6.45, 7) is 12.9. The molecule has 0 aliphatic heterocycles. The van der Waals surface area contributed by atoms with Gasteiger partial charge in [0.25, 0.3) is 0 Å². The first kappa shape index (κ1) is 35.6. The van der Waals surface area contributed by atoms with Gasteiger partial charge in [0.1, 0.15) is 0 Å². The van der Waals surface area contributed by atoms with Crippen LogP contribution in [0, 0.1) is 20.8 Å². The molecule has 0 amide bonds. The molecule has 1 aromatic carbocycles. The molecule has 1 unspecified atom stereocenters. The number of hydrogen-bond acceptors (Lipinski definition) is 2. The van der Waals surface area contributed by atoms with Gasteiger partial charge in [0.15, 0.2) is 6.29 Å². The van der Waals surface area contributed by atoms with Gasteiger partial charge in [0, 0.05) is 21.1 Å². The molecule has 1 atom stereocenters. The molecule has 1 rings (SSSR count). The van der Waals surface area contributed by atoms with Crippen molar-refractivity contribution in [1.82, 2.24) is 0 Å². The highest BCUT2D eigenvalue weighted by molar-refractivity contribution is 7.75. The lowest BCUT2D eigenvalue weighted by atomic mass is 9.95. The van der Waals surface area contributed by atoms with E-state index in [1.54, 1.807) is 0 Å². The monoisotopic (exact) mass is 566 g/mol. The van der Waals surface area contributed by atoms with Crippen molar-refractivity contribution in [3.05, 3.63) is 40.5 Å². The molecule has 2 nitrogen and oxygen atoms in total. The largest absolute Gasteiger partial charge is 0.353 e. The molecule has 0 bridgehead atoms. The van der Waals surface area contributed by atoms with E-state index >= 15 is 0 Å². The Morgan fingerprint density at radius 1 is 0.684 bits per heavy atom. The Bertz CT molecular complexity index is 718. The smallest absolute Gasteiger partial charge is 0.157 e. The third-order valence-corrected chi connectivity index (χ3v) is 9.16. The third-order valence-electron chi connectivity index (χ3n) is 7.83. The summed E-state index contributed by atoms with van der Waals surface area (Å²) in [6, 6.07) is 2.34. The Labute approximate surface area is 243 Å². The molecule has 0 saturated carbocycles. The average Bonchev–Trinajstić information content (AvgIpc) is 2.92. The van der Waals surface area contributed by atoms with Crippen LogP contribution in [-0.4, -0.2) is 19.5 Å². The van der Waals surface area contributed by atoms with Gasteiger partial charge in [0.2, 0.25) is 0 Å². The van der Waals surface area contributed by atoms with Crippen molar-refractivity contribution in [3.8, 4) is 0 Å². The zero-order chi connectivity index (χ0) is 27.8. The van der Waals surface area contributed by atoms with Gasteiger partial charge in [-0.2, -0.15) is 0 Å². The summed E-state index contributed by atoms with van der Waals surface area (Å²) in [5.74, 6) is 0. The molecule has 38 heavy (non-hydrogen) atoms. The molecule has 0 N–H and O–H groups in total. The molecule has 1 aromatic rings. The number of aryl methyl sites for hydroxylation is 1. The van der Waals surface area contributed by atoms with Gasteiger partial charge in [-0.1, -0.05) is 95.0 Å². The zero-order valence-corrected chi connectivity index (χ0v) is 27.4. The van der Waals surface area contributed by atoms with Crippen molar-refractivity contribution >= 4 is 24.5 Å². The van der Waals surface area contributed by atoms with Crippen LogP contribution in [0.2, 0.25) is 0 Å². The first-order chi connectivity index (χ1) is 18.5. The normalized spacial score (nSPS) is 12.2. The quantitative estimate of drug-likeness (QED) is 0.0507. The minimum atomic E-state index is -0.00314. The molecule has 0 spiro atoms. The second kappa shape index (κ2) is 24.4. The van der Waals surface area contributed by atoms with Crippen LogP contribution in [0.4, 0.5) is 0 Å². The van der Waals surface area contributed by atoms with Crippen LogP contribution in [0.3, 0.4) is 0 Å². The summed E-state index contributed by atoms with van der Waals surface area (Å²) >= 11 is 6.19. The summed E-state index contributed by atoms with van der Waals surface area (Å²) in [5, 5.41) is 1.32. The van der Waals surface area contributed by atoms with Crippen LogP contribution in [0.15, 0.2) is 18.2 Å². The van der Waals surface area contributed by atoms with Crippen molar-refractivity contribution in [2.24, 2.45) is 0 Å². The van der Waals surface area contributed by atoms with E-state index in [4.69, 9.17) is 20.7 Å². The van der Waals surface area contributed by atoms with Gasteiger partial charge < -0.3 is 9.47 Å². The Hall–Kier alpha value is -0.400. The Kier molecular flexibility index (Phi) is 22.9. The van der Waals surface area contributed by atoms with Crippen LogP contribution in [0.5, 0.6) is 0 Å². The zero-order valence-electron chi connectivity index (χ0n) is 25.6. The maximum atomic E-state index is 6.19. The Morgan fingerprint density at radius 3 is 1.82 bits per heavy atom. The predicted molar refractivity (Wildman–Crippen MR) is 173 cm³/mol. The highest BCUT2D eigenvalue weighted by Gasteiger charge is 2.10. The second-order valence-corrected chi connectivity index (χ2v) is 12.3. The summed E-state index contributed by atoms with van der Waals surface area (Å²) in [6.07, 6.45) is 27.0. The van der Waals surface area contributed by atoms with Crippen LogP contribution < -0.4 is 5.30 Å². The van der Waals surface area contributed by atoms with E-state index in [0.29, 0.717) is 7.93 Å². The molecule has 0 heterocycles. The van der Waals surface area contributed by atoms with E-state index in [2.05, 4.69) is 52.8 Å². The summed E-state index contributed by atoms with van der Waals surface area (Å²) in [5.41, 5.74) is 5.71. The number of halogens is 1. The number of benzene rings is 1. The van der Waals surface area contributed by atoms with Crippen molar-refractivity contribution in [2.45, 2.75) is 156 Å². The molecular formula is C34H60ClO2P. The van der Waals surface area contributed by atoms with Crippen LogP contribution >= 0.6 is 19.2 Å². The maximum absolute atomic E-state index is 6.19. The first-order valence-electron chi connectivity index (χ1n) is 15.9. The molecule has 4 heteroatoms. The van der Waals surface area contributed by atoms with Gasteiger partial charge >= 0.3 is 0 Å². The standard InChI is InChI=1S/C34H60ClO2P/c1-6-8-10-18-22-26-36-34(37-27-23-19-11-9-7-2)25-21-17-15-13-12-14-16-20-24-32-28-33(38-35)31(5)29(3)30(32)4/h12,14,28,34,38H,6-11,13,15-27H2,1-5H3/b14-12-. The molecule has 0 aliphatic rings. The highest BCUT2D eigenvalue weighted by Crippen LogP contribution is 2.25. The second-order valence-electron chi connectivity index (χ2n) is 11.1. The highest BCUT2D eigenvalue weighted by atomic mass is 35.7. The van der Waals surface area contributed by atoms with Crippen molar-refractivity contribution in [2.75, 3.05) is 13.2 Å². The number of unbranched alkanes of at least 4 members (excludes halogenated alkanes) is 12. The van der Waals surface area contributed by atoms with Crippen molar-refractivity contribution in [3.63, 3.8) is 0 Å². The first-order valence-corrected chi connectivity index (χ1v) is 17.9. The van der Waals surface area contributed by atoms with E-state index < -0.39 is 0 Å². The summed E-state index contributed by atoms with van der Waals surface area (Å²) in [4.78, 5) is 0. The Morgan fingerprint density at radius 2 is 1.24 bits per heavy atom. The van der Waals surface area contributed by atoms with Gasteiger partial charge in [-0.25, -0.2) is 0 Å². The minimum absolute atomic E-state index is 0.00314. The maximum Gasteiger partial charge on any atom is 0.157 e. The van der Waals surface area contributed by atoms with E-state index in [1.165, 1.54) is 124 Å². The lowest BCUT2D eigenvalue weighted by Gasteiger charge is -2.19. The molecule has 0 aliphatic carbocycles. The average molecular weight is 567 g/mol. The molecule has 0 fully saturated rings. The fourth-order valence-corrected chi connectivity index (χ4v) is 6.07. The SMILES string of the molecule is CCCCCCCOC(CCCCC/C=C\CCCc1cc(PCl)c(C)c(C)c1C)OCCCCCCC. The van der Waals surface area contributed by atoms with E-state index in [-0.39, 0.29) is 6.29 Å². The Balaban J connectivity index is 2.22. The topological polar surface area (TPSA) is 18.5 Å². The number of allylic oxidation sites excluding steroid dienone is 2. The van der Waals surface area contributed by atoms with E-state index in [0.717, 1.165) is 32.5 Å². The van der Waals surface area contributed by atoms with Gasteiger partial charge in [-0.3, -0.25) is 0 Å². The molecule has 220 valence electrons. The fraction of sp³-hybridized carbons (Fsp3) is 0.765.